The Morgan fingerprint density at radius 1 is 1.17 bits per heavy atom. The van der Waals surface area contributed by atoms with E-state index in [2.05, 4.69) is 7.05 Å². The molecule has 0 aliphatic carbocycles. The Labute approximate surface area is 175 Å². The number of quaternary nitrogens is 1. The highest BCUT2D eigenvalue weighted by atomic mass is 35.5. The average Bonchev–Trinajstić information content (AvgIpc) is 2.90. The van der Waals surface area contributed by atoms with Crippen LogP contribution < -0.4 is 9.80 Å². The first-order valence-corrected chi connectivity index (χ1v) is 10.2. The number of rotatable bonds is 5. The number of nitrogens with one attached hydrogen (secondary N) is 1. The highest BCUT2D eigenvalue weighted by Crippen LogP contribution is 2.32. The van der Waals surface area contributed by atoms with Gasteiger partial charge >= 0.3 is 5.97 Å². The summed E-state index contributed by atoms with van der Waals surface area (Å²) in [6.45, 7) is 5.57. The van der Waals surface area contributed by atoms with Gasteiger partial charge in [0.25, 0.3) is 11.8 Å². The minimum absolute atomic E-state index is 0.0629. The van der Waals surface area contributed by atoms with Gasteiger partial charge in [-0.3, -0.25) is 9.59 Å². The van der Waals surface area contributed by atoms with Crippen LogP contribution in [0.15, 0.2) is 35.0 Å². The summed E-state index contributed by atoms with van der Waals surface area (Å²) in [5, 5.41) is -0.0629. The van der Waals surface area contributed by atoms with Gasteiger partial charge in [0.05, 0.1) is 37.5 Å². The second-order valence-electron chi connectivity index (χ2n) is 7.91. The second-order valence-corrected chi connectivity index (χ2v) is 8.29. The van der Waals surface area contributed by atoms with Crippen LogP contribution in [0.25, 0.3) is 0 Å². The van der Waals surface area contributed by atoms with Crippen LogP contribution in [-0.2, 0) is 14.3 Å². The molecule has 0 atom stereocenters. The van der Waals surface area contributed by atoms with E-state index in [1.807, 2.05) is 11.9 Å². The molecule has 1 fully saturated rings. The van der Waals surface area contributed by atoms with Gasteiger partial charge in [0.1, 0.15) is 10.7 Å². The summed E-state index contributed by atoms with van der Waals surface area (Å²) in [5.74, 6) is -1.44. The first-order chi connectivity index (χ1) is 13.7. The molecule has 3 rings (SSSR count). The maximum Gasteiger partial charge on any atom is 0.338 e. The maximum atomic E-state index is 13.1. The molecule has 0 saturated carbocycles. The molecule has 156 valence electrons. The number of imide groups is 1. The lowest BCUT2D eigenvalue weighted by molar-refractivity contribution is -0.885. The molecule has 0 aromatic heterocycles. The van der Waals surface area contributed by atoms with Gasteiger partial charge in [0, 0.05) is 25.9 Å². The zero-order valence-corrected chi connectivity index (χ0v) is 18.0. The Bertz CT molecular complexity index is 842. The number of piperidine rings is 1. The number of esters is 1. The molecule has 1 aromatic carbocycles. The number of amides is 2. The first kappa shape index (κ1) is 21.3. The number of anilines is 1. The van der Waals surface area contributed by atoms with Crippen molar-refractivity contribution in [1.82, 2.24) is 4.90 Å². The third-order valence-electron chi connectivity index (χ3n) is 5.42. The summed E-state index contributed by atoms with van der Waals surface area (Å²) in [5.41, 5.74) is 0.965. The zero-order valence-electron chi connectivity index (χ0n) is 17.2. The Morgan fingerprint density at radius 2 is 1.76 bits per heavy atom. The minimum atomic E-state index is -0.547. The molecule has 1 saturated heterocycles. The van der Waals surface area contributed by atoms with Crippen molar-refractivity contribution in [3.05, 3.63) is 40.6 Å². The standard InChI is InChI=1S/C21H26ClN3O4/c1-13(2)29-21(28)14-5-7-16(8-6-14)25-19(26)17(22)18(20(25)27)24(4)15-9-11-23(3)12-10-15/h5-8,13,15H,9-12H2,1-4H3/p+1. The molecule has 0 spiro atoms. The highest BCUT2D eigenvalue weighted by molar-refractivity contribution is 6.52. The lowest BCUT2D eigenvalue weighted by Crippen LogP contribution is -3.10. The lowest BCUT2D eigenvalue weighted by Gasteiger charge is -2.34. The molecule has 2 aliphatic heterocycles. The lowest BCUT2D eigenvalue weighted by atomic mass is 10.0. The van der Waals surface area contributed by atoms with Crippen molar-refractivity contribution in [2.45, 2.75) is 38.8 Å². The largest absolute Gasteiger partial charge is 0.459 e. The third kappa shape index (κ3) is 4.31. The van der Waals surface area contributed by atoms with Gasteiger partial charge in [-0.1, -0.05) is 11.6 Å². The van der Waals surface area contributed by atoms with Crippen LogP contribution in [0.2, 0.25) is 0 Å². The summed E-state index contributed by atoms with van der Waals surface area (Å²) in [4.78, 5) is 42.2. The van der Waals surface area contributed by atoms with Gasteiger partial charge < -0.3 is 14.5 Å². The van der Waals surface area contributed by atoms with E-state index in [4.69, 9.17) is 16.3 Å². The number of likely N-dealkylation sites (tertiary alicyclic amines) is 1. The van der Waals surface area contributed by atoms with E-state index in [0.717, 1.165) is 30.8 Å². The fraction of sp³-hybridized carbons (Fsp3) is 0.476. The number of hydrogen-bond donors (Lipinski definition) is 1. The third-order valence-corrected chi connectivity index (χ3v) is 5.76. The molecule has 0 unspecified atom stereocenters. The molecule has 0 radical (unpaired) electrons. The fourth-order valence-electron chi connectivity index (χ4n) is 3.73. The highest BCUT2D eigenvalue weighted by Gasteiger charge is 2.42. The molecular formula is C21H27ClN3O4+. The van der Waals surface area contributed by atoms with E-state index in [1.54, 1.807) is 26.0 Å². The van der Waals surface area contributed by atoms with Crippen LogP contribution in [0.5, 0.6) is 0 Å². The van der Waals surface area contributed by atoms with Crippen LogP contribution in [0, 0.1) is 0 Å². The number of likely N-dealkylation sites (N-methyl/N-ethyl adjacent to an activating group) is 1. The van der Waals surface area contributed by atoms with E-state index in [0.29, 0.717) is 11.3 Å². The van der Waals surface area contributed by atoms with Crippen LogP contribution in [0.3, 0.4) is 0 Å². The van der Waals surface area contributed by atoms with Crippen LogP contribution in [0.1, 0.15) is 37.0 Å². The SMILES string of the molecule is CC(C)OC(=O)c1ccc(N2C(=O)C(Cl)=C(N(C)C3CC[NH+](C)CC3)C2=O)cc1. The molecule has 0 bridgehead atoms. The number of carbonyl (C=O) groups excluding carboxylic acids is 3. The van der Waals surface area contributed by atoms with Gasteiger partial charge in [-0.15, -0.1) is 0 Å². The summed E-state index contributed by atoms with van der Waals surface area (Å²) in [6, 6.07) is 6.36. The number of halogens is 1. The quantitative estimate of drug-likeness (QED) is 0.572. The molecule has 2 aliphatic rings. The predicted octanol–water partition coefficient (Wildman–Crippen LogP) is 1.18. The van der Waals surface area contributed by atoms with Crippen molar-refractivity contribution in [2.75, 3.05) is 32.1 Å². The number of benzene rings is 1. The summed E-state index contributed by atoms with van der Waals surface area (Å²) in [6.07, 6.45) is 1.64. The summed E-state index contributed by atoms with van der Waals surface area (Å²) < 4.78 is 5.16. The van der Waals surface area contributed by atoms with Crippen molar-refractivity contribution in [3.8, 4) is 0 Å². The molecule has 29 heavy (non-hydrogen) atoms. The Balaban J connectivity index is 1.78. The number of carbonyl (C=O) groups is 3. The van der Waals surface area contributed by atoms with Gasteiger partial charge in [-0.05, 0) is 38.1 Å². The monoisotopic (exact) mass is 420 g/mol. The van der Waals surface area contributed by atoms with E-state index < -0.39 is 17.8 Å². The van der Waals surface area contributed by atoms with E-state index in [9.17, 15) is 14.4 Å². The Kier molecular flexibility index (Phi) is 6.29. The first-order valence-electron chi connectivity index (χ1n) is 9.84. The van der Waals surface area contributed by atoms with Crippen LogP contribution in [0.4, 0.5) is 5.69 Å². The van der Waals surface area contributed by atoms with Crippen molar-refractivity contribution in [3.63, 3.8) is 0 Å². The number of ether oxygens (including phenoxy) is 1. The zero-order chi connectivity index (χ0) is 21.3. The predicted molar refractivity (Wildman–Crippen MR) is 110 cm³/mol. The maximum absolute atomic E-state index is 13.1. The van der Waals surface area contributed by atoms with E-state index in [1.165, 1.54) is 17.0 Å². The minimum Gasteiger partial charge on any atom is -0.459 e. The normalized spacial score (nSPS) is 22.5. The van der Waals surface area contributed by atoms with Gasteiger partial charge in [-0.2, -0.15) is 0 Å². The molecule has 8 heteroatoms. The molecular weight excluding hydrogens is 394 g/mol. The number of nitrogens with zero attached hydrogens (tertiary/aromatic N) is 2. The molecule has 7 nitrogen and oxygen atoms in total. The van der Waals surface area contributed by atoms with Crippen LogP contribution in [-0.4, -0.2) is 62.0 Å². The van der Waals surface area contributed by atoms with Crippen molar-refractivity contribution >= 4 is 35.1 Å². The van der Waals surface area contributed by atoms with Crippen molar-refractivity contribution in [1.29, 1.82) is 0 Å². The van der Waals surface area contributed by atoms with E-state index >= 15 is 0 Å². The average molecular weight is 421 g/mol. The van der Waals surface area contributed by atoms with Gasteiger partial charge in [-0.25, -0.2) is 9.69 Å². The molecule has 1 aromatic rings. The topological polar surface area (TPSA) is 71.4 Å². The van der Waals surface area contributed by atoms with E-state index in [-0.39, 0.29) is 22.9 Å². The van der Waals surface area contributed by atoms with Crippen molar-refractivity contribution < 1.29 is 24.0 Å². The Morgan fingerprint density at radius 3 is 2.31 bits per heavy atom. The van der Waals surface area contributed by atoms with Crippen molar-refractivity contribution in [2.24, 2.45) is 0 Å². The number of hydrogen-bond acceptors (Lipinski definition) is 5. The fourth-order valence-corrected chi connectivity index (χ4v) is 4.02. The van der Waals surface area contributed by atoms with Crippen LogP contribution >= 0.6 is 11.6 Å². The van der Waals surface area contributed by atoms with Gasteiger partial charge in [0.15, 0.2) is 0 Å². The Hall–Kier alpha value is -2.38. The molecule has 2 amide bonds. The molecule has 1 N–H and O–H groups in total. The summed E-state index contributed by atoms with van der Waals surface area (Å²) in [7, 11) is 3.97. The summed E-state index contributed by atoms with van der Waals surface area (Å²) >= 11 is 6.30. The molecule has 2 heterocycles. The van der Waals surface area contributed by atoms with Gasteiger partial charge in [0.2, 0.25) is 0 Å². The second kappa shape index (κ2) is 8.55. The smallest absolute Gasteiger partial charge is 0.338 e.